The van der Waals surface area contributed by atoms with Gasteiger partial charge in [-0.3, -0.25) is 4.79 Å². The van der Waals surface area contributed by atoms with Crippen LogP contribution < -0.4 is 5.73 Å². The van der Waals surface area contributed by atoms with E-state index in [4.69, 9.17) is 16.1 Å². The molecule has 1 heterocycles. The molecule has 0 aliphatic carbocycles. The van der Waals surface area contributed by atoms with Gasteiger partial charge in [0.2, 0.25) is 0 Å². The van der Waals surface area contributed by atoms with E-state index in [1.54, 1.807) is 0 Å². The maximum Gasteiger partial charge on any atom is 0.300 e. The van der Waals surface area contributed by atoms with Crippen molar-refractivity contribution in [3.05, 3.63) is 0 Å². The Labute approximate surface area is 65.1 Å². The van der Waals surface area contributed by atoms with Crippen LogP contribution in [-0.2, 0) is 4.79 Å². The van der Waals surface area contributed by atoms with E-state index in [1.807, 2.05) is 5.97 Å². The van der Waals surface area contributed by atoms with Gasteiger partial charge in [-0.2, -0.15) is 0 Å². The van der Waals surface area contributed by atoms with Crippen molar-refractivity contribution >= 4 is 12.7 Å². The summed E-state index contributed by atoms with van der Waals surface area (Å²) in [5.41, 5.74) is 5.51. The molecule has 0 saturated carbocycles. The minimum absolute atomic E-state index is 0.110. The molecule has 0 radical (unpaired) electrons. The molecule has 1 aliphatic heterocycles. The molecule has 0 aromatic heterocycles. The second-order valence-corrected chi connectivity index (χ2v) is 2.91. The second-order valence-electron chi connectivity index (χ2n) is 2.91. The molecule has 1 fully saturated rings. The van der Waals surface area contributed by atoms with E-state index < -0.39 is 11.8 Å². The van der Waals surface area contributed by atoms with E-state index in [2.05, 4.69) is 0 Å². The molecule has 0 bridgehead atoms. The van der Waals surface area contributed by atoms with Gasteiger partial charge in [0.25, 0.3) is 12.7 Å². The Morgan fingerprint density at radius 3 is 2.82 bits per heavy atom. The van der Waals surface area contributed by atoms with Gasteiger partial charge in [-0.1, -0.05) is 0 Å². The Bertz CT molecular complexity index is 213. The molecular formula is C6H9BN2O2. The lowest BCUT2D eigenvalue weighted by atomic mass is 9.44. The predicted octanol–water partition coefficient (Wildman–Crippen LogP) is -0.270. The summed E-state index contributed by atoms with van der Waals surface area (Å²) in [7, 11) is 0. The molecule has 2 atom stereocenters. The summed E-state index contributed by atoms with van der Waals surface area (Å²) in [6.07, 6.45) is 0.959. The van der Waals surface area contributed by atoms with Crippen LogP contribution in [0.5, 0.6) is 0 Å². The SMILES string of the molecule is N#CB1CC(N)CC1C(=O)O. The largest absolute Gasteiger partial charge is 0.482 e. The number of carbonyl (C=O) groups is 1. The van der Waals surface area contributed by atoms with Crippen molar-refractivity contribution in [3.8, 4) is 5.97 Å². The quantitative estimate of drug-likeness (QED) is 0.506. The number of rotatable bonds is 1. The van der Waals surface area contributed by atoms with E-state index in [9.17, 15) is 4.79 Å². The fourth-order valence-electron chi connectivity index (χ4n) is 1.49. The van der Waals surface area contributed by atoms with E-state index in [0.717, 1.165) is 0 Å². The molecule has 0 aromatic rings. The molecule has 4 nitrogen and oxygen atoms in total. The summed E-state index contributed by atoms with van der Waals surface area (Å²) in [5, 5.41) is 17.2. The van der Waals surface area contributed by atoms with Gasteiger partial charge in [-0.25, -0.2) is 5.26 Å². The summed E-state index contributed by atoms with van der Waals surface area (Å²) >= 11 is 0. The first-order chi connectivity index (χ1) is 5.15. The molecule has 1 aliphatic rings. The van der Waals surface area contributed by atoms with Crippen molar-refractivity contribution in [2.75, 3.05) is 0 Å². The number of aliphatic carboxylic acids is 1. The number of hydrogen-bond acceptors (Lipinski definition) is 3. The molecule has 2 unspecified atom stereocenters. The highest BCUT2D eigenvalue weighted by molar-refractivity contribution is 6.72. The smallest absolute Gasteiger partial charge is 0.300 e. The number of nitrogens with two attached hydrogens (primary N) is 1. The summed E-state index contributed by atoms with van der Waals surface area (Å²) in [5.74, 6) is 0.520. The fourth-order valence-corrected chi connectivity index (χ4v) is 1.49. The van der Waals surface area contributed by atoms with Gasteiger partial charge < -0.3 is 10.8 Å². The third-order valence-electron chi connectivity index (χ3n) is 2.08. The molecule has 0 aromatic carbocycles. The Balaban J connectivity index is 2.67. The summed E-state index contributed by atoms with van der Waals surface area (Å²) in [6, 6.07) is -0.110. The van der Waals surface area contributed by atoms with Crippen LogP contribution in [0.15, 0.2) is 0 Å². The topological polar surface area (TPSA) is 87.1 Å². The fraction of sp³-hybridized carbons (Fsp3) is 0.667. The third-order valence-corrected chi connectivity index (χ3v) is 2.08. The zero-order valence-corrected chi connectivity index (χ0v) is 6.03. The van der Waals surface area contributed by atoms with Gasteiger partial charge in [0.1, 0.15) is 0 Å². The predicted molar refractivity (Wildman–Crippen MR) is 40.2 cm³/mol. The Hall–Kier alpha value is -1.02. The minimum Gasteiger partial charge on any atom is -0.482 e. The highest BCUT2D eigenvalue weighted by Crippen LogP contribution is 2.29. The van der Waals surface area contributed by atoms with Crippen LogP contribution in [0.25, 0.3) is 0 Å². The molecular weight excluding hydrogens is 143 g/mol. The Morgan fingerprint density at radius 1 is 1.82 bits per heavy atom. The van der Waals surface area contributed by atoms with Crippen molar-refractivity contribution in [1.82, 2.24) is 0 Å². The first-order valence-electron chi connectivity index (χ1n) is 3.53. The first kappa shape index (κ1) is 8.09. The van der Waals surface area contributed by atoms with Crippen LogP contribution in [-0.4, -0.2) is 23.8 Å². The van der Waals surface area contributed by atoms with Crippen molar-refractivity contribution in [1.29, 1.82) is 5.26 Å². The van der Waals surface area contributed by atoms with Crippen molar-refractivity contribution in [2.24, 2.45) is 5.73 Å². The van der Waals surface area contributed by atoms with Crippen molar-refractivity contribution in [3.63, 3.8) is 0 Å². The molecule has 0 amide bonds. The van der Waals surface area contributed by atoms with Crippen LogP contribution in [0, 0.1) is 11.2 Å². The van der Waals surface area contributed by atoms with E-state index in [-0.39, 0.29) is 12.8 Å². The van der Waals surface area contributed by atoms with Crippen LogP contribution in [0.1, 0.15) is 6.42 Å². The number of nitriles is 1. The van der Waals surface area contributed by atoms with Gasteiger partial charge in [-0.05, 0) is 18.8 Å². The Morgan fingerprint density at radius 2 is 2.45 bits per heavy atom. The van der Waals surface area contributed by atoms with Gasteiger partial charge in [0.05, 0.1) is 5.82 Å². The van der Waals surface area contributed by atoms with E-state index >= 15 is 0 Å². The first-order valence-corrected chi connectivity index (χ1v) is 3.53. The van der Waals surface area contributed by atoms with Crippen LogP contribution in [0.2, 0.25) is 12.1 Å². The van der Waals surface area contributed by atoms with Crippen LogP contribution >= 0.6 is 0 Å². The average molecular weight is 152 g/mol. The second kappa shape index (κ2) is 2.93. The van der Waals surface area contributed by atoms with E-state index in [0.29, 0.717) is 12.7 Å². The lowest BCUT2D eigenvalue weighted by Crippen LogP contribution is -2.19. The molecule has 0 spiro atoms. The van der Waals surface area contributed by atoms with Gasteiger partial charge >= 0.3 is 0 Å². The maximum absolute atomic E-state index is 10.5. The van der Waals surface area contributed by atoms with Gasteiger partial charge in [-0.15, -0.1) is 0 Å². The summed E-state index contributed by atoms with van der Waals surface area (Å²) in [6.45, 7) is -0.387. The molecule has 5 heteroatoms. The minimum atomic E-state index is -0.899. The highest BCUT2D eigenvalue weighted by atomic mass is 16.4. The number of hydrogen-bond donors (Lipinski definition) is 2. The lowest BCUT2D eigenvalue weighted by Gasteiger charge is -2.02. The molecule has 58 valence electrons. The standard InChI is InChI=1S/C6H9BN2O2/c8-3-7-2-4(9)1-5(7)6(10)11/h4-5H,1-2,9H2,(H,10,11). The Kier molecular flexibility index (Phi) is 2.15. The van der Waals surface area contributed by atoms with Crippen LogP contribution in [0.4, 0.5) is 0 Å². The monoisotopic (exact) mass is 152 g/mol. The van der Waals surface area contributed by atoms with Gasteiger partial charge in [0.15, 0.2) is 0 Å². The summed E-state index contributed by atoms with van der Waals surface area (Å²) in [4.78, 5) is 10.5. The summed E-state index contributed by atoms with van der Waals surface area (Å²) < 4.78 is 0. The molecule has 11 heavy (non-hydrogen) atoms. The molecule has 3 N–H and O–H groups in total. The lowest BCUT2D eigenvalue weighted by molar-refractivity contribution is -0.137. The third kappa shape index (κ3) is 1.52. The van der Waals surface area contributed by atoms with Crippen molar-refractivity contribution in [2.45, 2.75) is 24.6 Å². The van der Waals surface area contributed by atoms with Crippen LogP contribution in [0.3, 0.4) is 0 Å². The van der Waals surface area contributed by atoms with E-state index in [1.165, 1.54) is 0 Å². The van der Waals surface area contributed by atoms with Crippen molar-refractivity contribution < 1.29 is 9.90 Å². The average Bonchev–Trinajstić information content (AvgIpc) is 2.30. The zero-order valence-electron chi connectivity index (χ0n) is 6.03. The number of nitrogens with zero attached hydrogens (tertiary/aromatic N) is 1. The zero-order chi connectivity index (χ0) is 8.43. The number of carboxylic acids is 1. The normalized spacial score (nSPS) is 30.0. The molecule has 1 rings (SSSR count). The highest BCUT2D eigenvalue weighted by Gasteiger charge is 2.40. The number of carboxylic acid groups (broad SMARTS) is 1. The van der Waals surface area contributed by atoms with Gasteiger partial charge in [0, 0.05) is 5.97 Å². The maximum atomic E-state index is 10.5. The molecule has 1 saturated heterocycles.